The summed E-state index contributed by atoms with van der Waals surface area (Å²) in [7, 11) is 0. The highest BCUT2D eigenvalue weighted by Crippen LogP contribution is 2.27. The number of halogens is 3. The maximum atomic E-state index is 13.2. The minimum Gasteiger partial charge on any atom is -0.318 e. The zero-order valence-corrected chi connectivity index (χ0v) is 9.75. The highest BCUT2D eigenvalue weighted by molar-refractivity contribution is 5.37. The van der Waals surface area contributed by atoms with Crippen LogP contribution in [-0.2, 0) is 5.54 Å². The van der Waals surface area contributed by atoms with Crippen molar-refractivity contribution in [2.45, 2.75) is 12.5 Å². The normalized spacial score (nSPS) is 14.3. The van der Waals surface area contributed by atoms with Crippen LogP contribution in [0.5, 0.6) is 0 Å². The maximum absolute atomic E-state index is 13.2. The third-order valence-electron chi connectivity index (χ3n) is 2.91. The van der Waals surface area contributed by atoms with Gasteiger partial charge < -0.3 is 5.73 Å². The average molecular weight is 251 g/mol. The number of nitrogens with two attached hydrogens (primary N) is 1. The van der Waals surface area contributed by atoms with Gasteiger partial charge in [-0.3, -0.25) is 0 Å². The van der Waals surface area contributed by atoms with Crippen LogP contribution in [-0.4, -0.2) is 0 Å². The van der Waals surface area contributed by atoms with E-state index in [0.29, 0.717) is 11.1 Å². The van der Waals surface area contributed by atoms with Gasteiger partial charge in [-0.25, -0.2) is 13.2 Å². The molecule has 0 amide bonds. The van der Waals surface area contributed by atoms with Crippen molar-refractivity contribution in [1.82, 2.24) is 0 Å². The lowest BCUT2D eigenvalue weighted by Crippen LogP contribution is -2.34. The molecule has 0 spiro atoms. The van der Waals surface area contributed by atoms with Gasteiger partial charge in [0.1, 0.15) is 17.5 Å². The number of benzene rings is 2. The van der Waals surface area contributed by atoms with E-state index in [1.807, 2.05) is 0 Å². The molecule has 0 aliphatic carbocycles. The summed E-state index contributed by atoms with van der Waals surface area (Å²) < 4.78 is 39.2. The largest absolute Gasteiger partial charge is 0.318 e. The minimum absolute atomic E-state index is 0.298. The molecule has 0 aliphatic heterocycles. The Morgan fingerprint density at radius 3 is 1.78 bits per heavy atom. The van der Waals surface area contributed by atoms with E-state index in [1.54, 1.807) is 6.92 Å². The lowest BCUT2D eigenvalue weighted by molar-refractivity contribution is 0.549. The van der Waals surface area contributed by atoms with E-state index >= 15 is 0 Å². The third-order valence-corrected chi connectivity index (χ3v) is 2.91. The molecule has 0 radical (unpaired) electrons. The molecule has 1 atom stereocenters. The summed E-state index contributed by atoms with van der Waals surface area (Å²) in [5, 5.41) is 0. The molecule has 2 rings (SSSR count). The van der Waals surface area contributed by atoms with Gasteiger partial charge in [0.05, 0.1) is 5.54 Å². The molecule has 0 aliphatic rings. The molecule has 2 aromatic carbocycles. The topological polar surface area (TPSA) is 26.0 Å². The summed E-state index contributed by atoms with van der Waals surface area (Å²) in [4.78, 5) is 0. The molecule has 0 saturated carbocycles. The van der Waals surface area contributed by atoms with Crippen molar-refractivity contribution < 1.29 is 13.2 Å². The Labute approximate surface area is 103 Å². The van der Waals surface area contributed by atoms with Gasteiger partial charge in [0.2, 0.25) is 0 Å². The second-order valence-electron chi connectivity index (χ2n) is 4.37. The molecule has 1 nitrogen and oxygen atoms in total. The van der Waals surface area contributed by atoms with Gasteiger partial charge in [0.15, 0.2) is 0 Å². The Balaban J connectivity index is 2.49. The quantitative estimate of drug-likeness (QED) is 0.870. The number of hydrogen-bond donors (Lipinski definition) is 1. The van der Waals surface area contributed by atoms with Crippen molar-refractivity contribution in [2.75, 3.05) is 0 Å². The molecule has 2 aromatic rings. The Hall–Kier alpha value is -1.81. The molecule has 0 fully saturated rings. The van der Waals surface area contributed by atoms with Crippen LogP contribution in [0.1, 0.15) is 18.1 Å². The van der Waals surface area contributed by atoms with E-state index < -0.39 is 17.2 Å². The first kappa shape index (κ1) is 12.6. The molecule has 0 saturated heterocycles. The molecular formula is C14H12F3N. The lowest BCUT2D eigenvalue weighted by atomic mass is 9.85. The van der Waals surface area contributed by atoms with Crippen LogP contribution < -0.4 is 5.73 Å². The van der Waals surface area contributed by atoms with Gasteiger partial charge in [0, 0.05) is 6.07 Å². The van der Waals surface area contributed by atoms with Gasteiger partial charge in [-0.2, -0.15) is 0 Å². The highest BCUT2D eigenvalue weighted by atomic mass is 19.1. The van der Waals surface area contributed by atoms with Crippen LogP contribution in [0, 0.1) is 17.5 Å². The predicted molar refractivity (Wildman–Crippen MR) is 63.4 cm³/mol. The van der Waals surface area contributed by atoms with Gasteiger partial charge in [0.25, 0.3) is 0 Å². The lowest BCUT2D eigenvalue weighted by Gasteiger charge is -2.26. The number of rotatable bonds is 2. The van der Waals surface area contributed by atoms with Gasteiger partial charge in [-0.1, -0.05) is 12.1 Å². The van der Waals surface area contributed by atoms with E-state index in [2.05, 4.69) is 0 Å². The summed E-state index contributed by atoms with van der Waals surface area (Å²) in [5.74, 6) is -1.77. The Kier molecular flexibility index (Phi) is 3.13. The van der Waals surface area contributed by atoms with Crippen LogP contribution in [0.2, 0.25) is 0 Å². The van der Waals surface area contributed by atoms with E-state index in [1.165, 1.54) is 36.4 Å². The van der Waals surface area contributed by atoms with Crippen molar-refractivity contribution in [3.63, 3.8) is 0 Å². The van der Waals surface area contributed by atoms with Gasteiger partial charge >= 0.3 is 0 Å². The van der Waals surface area contributed by atoms with Crippen LogP contribution in [0.3, 0.4) is 0 Å². The summed E-state index contributed by atoms with van der Waals surface area (Å²) in [5.41, 5.74) is 5.88. The minimum atomic E-state index is -1.09. The fraction of sp³-hybridized carbons (Fsp3) is 0.143. The van der Waals surface area contributed by atoms with Crippen molar-refractivity contribution in [1.29, 1.82) is 0 Å². The summed E-state index contributed by atoms with van der Waals surface area (Å²) in [6.07, 6.45) is 0. The zero-order chi connectivity index (χ0) is 13.3. The van der Waals surface area contributed by atoms with Crippen LogP contribution in [0.25, 0.3) is 0 Å². The summed E-state index contributed by atoms with van der Waals surface area (Å²) in [6, 6.07) is 8.64. The molecule has 18 heavy (non-hydrogen) atoms. The summed E-state index contributed by atoms with van der Waals surface area (Å²) in [6.45, 7) is 1.62. The standard InChI is InChI=1S/C14H12F3N/c1-14(18,9-2-4-11(15)5-3-9)10-6-12(16)8-13(17)7-10/h2-8H,18H2,1H3. The Bertz CT molecular complexity index is 542. The van der Waals surface area contributed by atoms with E-state index in [4.69, 9.17) is 5.73 Å². The molecule has 0 aromatic heterocycles. The van der Waals surface area contributed by atoms with E-state index in [0.717, 1.165) is 6.07 Å². The highest BCUT2D eigenvalue weighted by Gasteiger charge is 2.25. The Morgan fingerprint density at radius 1 is 0.778 bits per heavy atom. The van der Waals surface area contributed by atoms with Crippen LogP contribution in [0.4, 0.5) is 13.2 Å². The first-order valence-corrected chi connectivity index (χ1v) is 5.41. The van der Waals surface area contributed by atoms with Crippen molar-refractivity contribution in [2.24, 2.45) is 5.73 Å². The zero-order valence-electron chi connectivity index (χ0n) is 9.75. The fourth-order valence-corrected chi connectivity index (χ4v) is 1.82. The summed E-state index contributed by atoms with van der Waals surface area (Å²) >= 11 is 0. The van der Waals surface area contributed by atoms with Gasteiger partial charge in [-0.05, 0) is 42.3 Å². The van der Waals surface area contributed by atoms with E-state index in [-0.39, 0.29) is 5.82 Å². The average Bonchev–Trinajstić information content (AvgIpc) is 2.28. The van der Waals surface area contributed by atoms with Gasteiger partial charge in [-0.15, -0.1) is 0 Å². The van der Waals surface area contributed by atoms with E-state index in [9.17, 15) is 13.2 Å². The fourth-order valence-electron chi connectivity index (χ4n) is 1.82. The van der Waals surface area contributed by atoms with Crippen molar-refractivity contribution in [3.05, 3.63) is 71.0 Å². The smallest absolute Gasteiger partial charge is 0.126 e. The molecule has 0 bridgehead atoms. The molecular weight excluding hydrogens is 239 g/mol. The van der Waals surface area contributed by atoms with Crippen LogP contribution in [0.15, 0.2) is 42.5 Å². The molecule has 0 heterocycles. The molecule has 4 heteroatoms. The SMILES string of the molecule is CC(N)(c1ccc(F)cc1)c1cc(F)cc(F)c1. The maximum Gasteiger partial charge on any atom is 0.126 e. The first-order chi connectivity index (χ1) is 8.39. The third kappa shape index (κ3) is 2.38. The monoisotopic (exact) mass is 251 g/mol. The second-order valence-corrected chi connectivity index (χ2v) is 4.37. The number of hydrogen-bond acceptors (Lipinski definition) is 1. The van der Waals surface area contributed by atoms with Crippen molar-refractivity contribution >= 4 is 0 Å². The Morgan fingerprint density at radius 2 is 1.28 bits per heavy atom. The molecule has 2 N–H and O–H groups in total. The van der Waals surface area contributed by atoms with Crippen LogP contribution >= 0.6 is 0 Å². The first-order valence-electron chi connectivity index (χ1n) is 5.41. The van der Waals surface area contributed by atoms with Crippen molar-refractivity contribution in [3.8, 4) is 0 Å². The second kappa shape index (κ2) is 4.46. The molecule has 1 unspecified atom stereocenters. The predicted octanol–water partition coefficient (Wildman–Crippen LogP) is 3.33. The molecule has 94 valence electrons.